The molecule has 0 saturated carbocycles. The second-order valence-corrected chi connectivity index (χ2v) is 14.4. The molecule has 2 aromatic heterocycles. The van der Waals surface area contributed by atoms with Crippen LogP contribution in [-0.4, -0.2) is 71.4 Å². The summed E-state index contributed by atoms with van der Waals surface area (Å²) in [4.78, 5) is 15.7. The van der Waals surface area contributed by atoms with E-state index in [1.165, 1.54) is 6.07 Å². The van der Waals surface area contributed by atoms with Gasteiger partial charge in [-0.25, -0.2) is 26.8 Å². The molecule has 0 saturated heterocycles. The summed E-state index contributed by atoms with van der Waals surface area (Å²) in [5, 5.41) is 31.6. The number of nitrogens with two attached hydrogens (primary N) is 1. The normalized spacial score (nSPS) is 13.5. The number of para-hydroxylation sites is 1. The van der Waals surface area contributed by atoms with E-state index in [2.05, 4.69) is 35.6 Å². The summed E-state index contributed by atoms with van der Waals surface area (Å²) in [7, 11) is -7.80. The van der Waals surface area contributed by atoms with Gasteiger partial charge in [0.1, 0.15) is 9.79 Å². The first-order chi connectivity index (χ1) is 23.9. The summed E-state index contributed by atoms with van der Waals surface area (Å²) in [6.07, 6.45) is 0. The Morgan fingerprint density at radius 2 is 1.80 bits per heavy atom. The van der Waals surface area contributed by atoms with Crippen molar-refractivity contribution in [2.75, 3.05) is 18.6 Å². The number of halogens is 1. The molecule has 0 unspecified atom stereocenters. The summed E-state index contributed by atoms with van der Waals surface area (Å²) < 4.78 is 55.4. The predicted octanol–water partition coefficient (Wildman–Crippen LogP) is 3.68. The smallest absolute Gasteiger partial charge is 0.337 e. The predicted molar refractivity (Wildman–Crippen MR) is 184 cm³/mol. The lowest BCUT2D eigenvalue weighted by atomic mass is 9.98. The molecule has 4 aromatic carbocycles. The molecule has 258 valence electrons. The average Bonchev–Trinajstić information content (AvgIpc) is 3.73. The number of primary sulfonamides is 1. The Morgan fingerprint density at radius 3 is 2.46 bits per heavy atom. The Balaban J connectivity index is 0.000000214. The largest absolute Gasteiger partial charge is 0.478 e. The zero-order valence-electron chi connectivity index (χ0n) is 26.0. The maximum Gasteiger partial charge on any atom is 0.337 e. The first-order valence-corrected chi connectivity index (χ1v) is 18.2. The van der Waals surface area contributed by atoms with Crippen LogP contribution in [0, 0.1) is 0 Å². The van der Waals surface area contributed by atoms with Crippen molar-refractivity contribution in [3.05, 3.63) is 95.0 Å². The lowest BCUT2D eigenvalue weighted by molar-refractivity contribution is 0.0698. The monoisotopic (exact) mass is 737 g/mol. The van der Waals surface area contributed by atoms with Crippen LogP contribution in [-0.2, 0) is 26.6 Å². The van der Waals surface area contributed by atoms with Crippen LogP contribution in [0.5, 0.6) is 6.01 Å². The van der Waals surface area contributed by atoms with Crippen LogP contribution in [0.25, 0.3) is 33.5 Å². The Labute approximate surface area is 290 Å². The lowest BCUT2D eigenvalue weighted by Crippen LogP contribution is -2.34. The van der Waals surface area contributed by atoms with Gasteiger partial charge in [0.25, 0.3) is 6.01 Å². The minimum Gasteiger partial charge on any atom is -0.478 e. The molecule has 0 radical (unpaired) electrons. The van der Waals surface area contributed by atoms with Crippen LogP contribution >= 0.6 is 11.6 Å². The van der Waals surface area contributed by atoms with Crippen molar-refractivity contribution >= 4 is 54.3 Å². The molecule has 19 heteroatoms. The molecule has 1 aliphatic rings. The highest BCUT2D eigenvalue weighted by atomic mass is 35.5. The van der Waals surface area contributed by atoms with Crippen LogP contribution in [0.2, 0.25) is 5.02 Å². The molecule has 50 heavy (non-hydrogen) atoms. The number of H-pyrrole nitrogens is 1. The van der Waals surface area contributed by atoms with Gasteiger partial charge < -0.3 is 15.2 Å². The molecule has 0 aliphatic carbocycles. The van der Waals surface area contributed by atoms with Crippen LogP contribution in [0.15, 0.2) is 88.7 Å². The van der Waals surface area contributed by atoms with Crippen molar-refractivity contribution in [3.8, 4) is 28.5 Å². The molecular formula is C31H28ClN9O7S2. The lowest BCUT2D eigenvalue weighted by Gasteiger charge is -2.20. The van der Waals surface area contributed by atoms with Gasteiger partial charge in [0.05, 0.1) is 47.1 Å². The van der Waals surface area contributed by atoms with E-state index in [4.69, 9.17) is 21.5 Å². The van der Waals surface area contributed by atoms with Gasteiger partial charge in [0, 0.05) is 5.56 Å². The number of rotatable bonds is 8. The first kappa shape index (κ1) is 34.5. The van der Waals surface area contributed by atoms with Crippen LogP contribution in [0.3, 0.4) is 0 Å². The highest BCUT2D eigenvalue weighted by Gasteiger charge is 2.27. The number of aromatic nitrogens is 6. The number of ether oxygens (including phenoxy) is 1. The first-order valence-electron chi connectivity index (χ1n) is 14.7. The molecule has 0 amide bonds. The number of fused-ring (bicyclic) bond motifs is 2. The van der Waals surface area contributed by atoms with E-state index in [-0.39, 0.29) is 27.8 Å². The minimum absolute atomic E-state index is 0.0143. The number of carbonyl (C=O) groups is 1. The quantitative estimate of drug-likeness (QED) is 0.150. The van der Waals surface area contributed by atoms with Crippen molar-refractivity contribution in [3.63, 3.8) is 0 Å². The molecule has 0 spiro atoms. The molecule has 6 N–H and O–H groups in total. The zero-order chi connectivity index (χ0) is 35.6. The van der Waals surface area contributed by atoms with Gasteiger partial charge in [-0.2, -0.15) is 14.9 Å². The number of carboxylic acid groups (broad SMARTS) is 1. The van der Waals surface area contributed by atoms with Gasteiger partial charge in [0.15, 0.2) is 0 Å². The van der Waals surface area contributed by atoms with Crippen molar-refractivity contribution in [1.29, 1.82) is 0 Å². The average molecular weight is 738 g/mol. The number of nitrogens with one attached hydrogen (secondary N) is 3. The number of nitrogens with zero attached hydrogens (tertiary/aromatic N) is 5. The third-order valence-electron chi connectivity index (χ3n) is 7.53. The van der Waals surface area contributed by atoms with Gasteiger partial charge in [-0.1, -0.05) is 66.2 Å². The van der Waals surface area contributed by atoms with Gasteiger partial charge in [-0.15, -0.1) is 10.2 Å². The SMILES string of the molecule is CCOc1nc2cccc(C(=O)O)c2n1Cc1ccc(-c2ccccc2-c2nn[nH]n2)cc1.NS(=O)(=O)c1cc2c(cc1Cl)NCNS2(=O)=O. The molecule has 1 aliphatic heterocycles. The highest BCUT2D eigenvalue weighted by molar-refractivity contribution is 7.90. The zero-order valence-corrected chi connectivity index (χ0v) is 28.4. The van der Waals surface area contributed by atoms with E-state index in [0.717, 1.165) is 28.3 Å². The minimum atomic E-state index is -4.07. The number of anilines is 1. The van der Waals surface area contributed by atoms with E-state index < -0.39 is 30.9 Å². The number of hydrogen-bond donors (Lipinski definition) is 5. The summed E-state index contributed by atoms with van der Waals surface area (Å²) >= 11 is 5.72. The Bertz CT molecular complexity index is 2440. The number of aromatic amines is 1. The highest BCUT2D eigenvalue weighted by Crippen LogP contribution is 2.33. The number of tetrazole rings is 1. The third-order valence-corrected chi connectivity index (χ3v) is 10.3. The van der Waals surface area contributed by atoms with Crippen LogP contribution < -0.4 is 19.9 Å². The number of imidazole rings is 1. The van der Waals surface area contributed by atoms with E-state index in [1.807, 2.05) is 60.0 Å². The van der Waals surface area contributed by atoms with Crippen molar-refractivity contribution in [1.82, 2.24) is 34.9 Å². The van der Waals surface area contributed by atoms with Crippen LogP contribution in [0.1, 0.15) is 22.8 Å². The summed E-state index contributed by atoms with van der Waals surface area (Å²) in [6, 6.07) is 23.5. The molecule has 0 bridgehead atoms. The van der Waals surface area contributed by atoms with E-state index in [9.17, 15) is 26.7 Å². The number of carboxylic acids is 1. The van der Waals surface area contributed by atoms with Crippen molar-refractivity contribution in [2.24, 2.45) is 5.14 Å². The Hall–Kier alpha value is -5.40. The third kappa shape index (κ3) is 7.00. The molecule has 0 atom stereocenters. The number of sulfonamides is 2. The maximum atomic E-state index is 11.8. The molecule has 16 nitrogen and oxygen atoms in total. The van der Waals surface area contributed by atoms with E-state index in [1.54, 1.807) is 18.2 Å². The fourth-order valence-corrected chi connectivity index (χ4v) is 7.60. The second kappa shape index (κ2) is 13.8. The summed E-state index contributed by atoms with van der Waals surface area (Å²) in [6.45, 7) is 2.73. The molecule has 6 aromatic rings. The number of benzene rings is 4. The fraction of sp³-hybridized carbons (Fsp3) is 0.129. The standard InChI is InChI=1S/C24H20N6O3.C7H8ClN3O4S2/c1-2-33-24-25-20-9-5-8-19(23(31)32)21(20)30(24)14-15-10-12-16(13-11-15)17-6-3-4-7-18(17)22-26-28-29-27-22;8-4-1-5-7(2-6(4)16(9,12)13)17(14,15)11-3-10-5/h3-13H,2,14H2,1H3,(H,31,32)(H,26,27,28,29);1-2,10-11H,3H2,(H2,9,12,13). The summed E-state index contributed by atoms with van der Waals surface area (Å²) in [5.74, 6) is -0.472. The molecular weight excluding hydrogens is 710 g/mol. The molecule has 3 heterocycles. The Kier molecular flexibility index (Phi) is 9.54. The van der Waals surface area contributed by atoms with Crippen LogP contribution in [0.4, 0.5) is 5.69 Å². The topological polar surface area (TPSA) is 237 Å². The summed E-state index contributed by atoms with van der Waals surface area (Å²) in [5.41, 5.74) is 5.41. The van der Waals surface area contributed by atoms with E-state index >= 15 is 0 Å². The maximum absolute atomic E-state index is 11.8. The Morgan fingerprint density at radius 1 is 1.06 bits per heavy atom. The van der Waals surface area contributed by atoms with Gasteiger partial charge >= 0.3 is 5.97 Å². The van der Waals surface area contributed by atoms with Crippen molar-refractivity contribution in [2.45, 2.75) is 23.3 Å². The van der Waals surface area contributed by atoms with E-state index in [0.29, 0.717) is 36.0 Å². The van der Waals surface area contributed by atoms with Gasteiger partial charge in [-0.05, 0) is 53.1 Å². The number of aromatic carboxylic acids is 1. The van der Waals surface area contributed by atoms with Crippen molar-refractivity contribution < 1.29 is 31.5 Å². The number of hydrogen-bond acceptors (Lipinski definition) is 11. The van der Waals surface area contributed by atoms with Gasteiger partial charge in [-0.3, -0.25) is 4.57 Å². The molecule has 7 rings (SSSR count). The second-order valence-electron chi connectivity index (χ2n) is 10.7. The molecule has 0 fully saturated rings. The van der Waals surface area contributed by atoms with Gasteiger partial charge in [0.2, 0.25) is 25.9 Å². The fourth-order valence-electron chi connectivity index (χ4n) is 5.32.